The summed E-state index contributed by atoms with van der Waals surface area (Å²) in [6.45, 7) is 10.3. The van der Waals surface area contributed by atoms with Crippen molar-refractivity contribution in [3.05, 3.63) is 0 Å². The van der Waals surface area contributed by atoms with Crippen LogP contribution in [0.2, 0.25) is 0 Å². The summed E-state index contributed by atoms with van der Waals surface area (Å²) < 4.78 is 16.6. The number of halogens is 1. The fraction of sp³-hybridized carbons (Fsp3) is 1.00. The third kappa shape index (κ3) is 9.83. The topological polar surface area (TPSA) is 27.7 Å². The second-order valence-corrected chi connectivity index (χ2v) is 5.78. The lowest BCUT2D eigenvalue weighted by molar-refractivity contribution is -0.0761. The van der Waals surface area contributed by atoms with E-state index in [1.807, 2.05) is 0 Å². The van der Waals surface area contributed by atoms with Crippen LogP contribution in [0, 0.1) is 0 Å². The van der Waals surface area contributed by atoms with Crippen molar-refractivity contribution in [1.82, 2.24) is 0 Å². The summed E-state index contributed by atoms with van der Waals surface area (Å²) in [5, 5.41) is 0. The van der Waals surface area contributed by atoms with Gasteiger partial charge in [-0.2, -0.15) is 0 Å². The van der Waals surface area contributed by atoms with E-state index in [4.69, 9.17) is 25.8 Å². The van der Waals surface area contributed by atoms with Gasteiger partial charge in [0.05, 0.1) is 24.4 Å². The average molecular weight is 267 g/mol. The Morgan fingerprint density at radius 1 is 0.824 bits per heavy atom. The predicted octanol–water partition coefficient (Wildman–Crippen LogP) is 3.24. The van der Waals surface area contributed by atoms with Gasteiger partial charge in [-0.25, -0.2) is 0 Å². The number of rotatable bonds is 10. The van der Waals surface area contributed by atoms with Crippen molar-refractivity contribution in [1.29, 1.82) is 0 Å². The predicted molar refractivity (Wildman–Crippen MR) is 71.9 cm³/mol. The van der Waals surface area contributed by atoms with Crippen LogP contribution in [0.5, 0.6) is 0 Å². The van der Waals surface area contributed by atoms with Crippen LogP contribution in [0.25, 0.3) is 0 Å². The molecule has 0 spiro atoms. The highest BCUT2D eigenvalue weighted by molar-refractivity contribution is 6.17. The summed E-state index contributed by atoms with van der Waals surface area (Å²) in [6.07, 6.45) is 1.76. The molecule has 4 heteroatoms. The monoisotopic (exact) mass is 266 g/mol. The molecule has 0 heterocycles. The van der Waals surface area contributed by atoms with E-state index >= 15 is 0 Å². The molecule has 0 aliphatic heterocycles. The molecule has 0 unspecified atom stereocenters. The Morgan fingerprint density at radius 2 is 1.29 bits per heavy atom. The highest BCUT2D eigenvalue weighted by atomic mass is 35.5. The van der Waals surface area contributed by atoms with Crippen LogP contribution in [-0.4, -0.2) is 44.0 Å². The van der Waals surface area contributed by atoms with Crippen LogP contribution in [0.4, 0.5) is 0 Å². The lowest BCUT2D eigenvalue weighted by atomic mass is 10.0. The highest BCUT2D eigenvalue weighted by Gasteiger charge is 2.22. The largest absolute Gasteiger partial charge is 0.385 e. The molecule has 0 aromatic heterocycles. The number of ether oxygens (including phenoxy) is 3. The van der Waals surface area contributed by atoms with Crippen LogP contribution in [0.3, 0.4) is 0 Å². The Balaban J connectivity index is 3.80. The minimum Gasteiger partial charge on any atom is -0.385 e. The average Bonchev–Trinajstić information content (AvgIpc) is 2.23. The Labute approximate surface area is 111 Å². The van der Waals surface area contributed by atoms with E-state index in [2.05, 4.69) is 27.7 Å². The molecule has 0 amide bonds. The van der Waals surface area contributed by atoms with E-state index in [0.29, 0.717) is 19.1 Å². The van der Waals surface area contributed by atoms with Crippen molar-refractivity contribution >= 4 is 11.6 Å². The summed E-state index contributed by atoms with van der Waals surface area (Å²) in [5.74, 6) is 0.531. The molecule has 0 fully saturated rings. The molecule has 0 radical (unpaired) electrons. The summed E-state index contributed by atoms with van der Waals surface area (Å²) in [5.41, 5.74) is -0.315. The second kappa shape index (κ2) is 8.30. The van der Waals surface area contributed by atoms with Crippen LogP contribution in [0.15, 0.2) is 0 Å². The molecule has 0 saturated carbocycles. The fourth-order valence-electron chi connectivity index (χ4n) is 1.38. The zero-order valence-electron chi connectivity index (χ0n) is 11.8. The van der Waals surface area contributed by atoms with Crippen LogP contribution >= 0.6 is 11.6 Å². The molecule has 3 nitrogen and oxygen atoms in total. The van der Waals surface area contributed by atoms with Gasteiger partial charge in [-0.1, -0.05) is 0 Å². The molecule has 0 aliphatic carbocycles. The van der Waals surface area contributed by atoms with Gasteiger partial charge >= 0.3 is 0 Å². The van der Waals surface area contributed by atoms with Gasteiger partial charge in [-0.15, -0.1) is 11.6 Å². The standard InChI is InChI=1S/C13H27ClO3/c1-12(2,6-9-15-5)16-10-7-13(3,4)17-11-8-14/h6-11H2,1-5H3. The van der Waals surface area contributed by atoms with E-state index in [0.717, 1.165) is 19.4 Å². The summed E-state index contributed by atoms with van der Waals surface area (Å²) >= 11 is 5.60. The van der Waals surface area contributed by atoms with Crippen LogP contribution < -0.4 is 0 Å². The summed E-state index contributed by atoms with van der Waals surface area (Å²) in [4.78, 5) is 0. The molecule has 104 valence electrons. The van der Waals surface area contributed by atoms with E-state index < -0.39 is 0 Å². The first kappa shape index (κ1) is 17.2. The molecular formula is C13H27ClO3. The molecular weight excluding hydrogens is 240 g/mol. The quantitative estimate of drug-likeness (QED) is 0.568. The van der Waals surface area contributed by atoms with Crippen LogP contribution in [-0.2, 0) is 14.2 Å². The van der Waals surface area contributed by atoms with Gasteiger partial charge in [0, 0.05) is 19.6 Å². The third-order valence-electron chi connectivity index (χ3n) is 2.68. The first-order chi connectivity index (χ1) is 7.83. The molecule has 0 rings (SSSR count). The van der Waals surface area contributed by atoms with Gasteiger partial charge in [0.15, 0.2) is 0 Å². The van der Waals surface area contributed by atoms with E-state index in [9.17, 15) is 0 Å². The van der Waals surface area contributed by atoms with Crippen molar-refractivity contribution in [3.63, 3.8) is 0 Å². The first-order valence-electron chi connectivity index (χ1n) is 6.16. The van der Waals surface area contributed by atoms with E-state index in [1.54, 1.807) is 7.11 Å². The maximum absolute atomic E-state index is 5.85. The lowest BCUT2D eigenvalue weighted by Crippen LogP contribution is -2.32. The zero-order chi connectivity index (χ0) is 13.4. The minimum absolute atomic E-state index is 0.140. The van der Waals surface area contributed by atoms with Gasteiger partial charge in [0.2, 0.25) is 0 Å². The van der Waals surface area contributed by atoms with Crippen molar-refractivity contribution < 1.29 is 14.2 Å². The Kier molecular flexibility index (Phi) is 8.39. The molecule has 17 heavy (non-hydrogen) atoms. The molecule has 0 aromatic carbocycles. The molecule has 0 aliphatic rings. The number of hydrogen-bond donors (Lipinski definition) is 0. The number of hydrogen-bond acceptors (Lipinski definition) is 3. The SMILES string of the molecule is COCCC(C)(C)OCCC(C)(C)OCCCl. The molecule has 0 atom stereocenters. The van der Waals surface area contributed by atoms with Gasteiger partial charge in [-0.3, -0.25) is 0 Å². The zero-order valence-corrected chi connectivity index (χ0v) is 12.6. The maximum Gasteiger partial charge on any atom is 0.0649 e. The molecule has 0 saturated heterocycles. The maximum atomic E-state index is 5.85. The van der Waals surface area contributed by atoms with Gasteiger partial charge < -0.3 is 14.2 Å². The molecule has 0 aromatic rings. The Bertz CT molecular complexity index is 173. The number of alkyl halides is 1. The van der Waals surface area contributed by atoms with Crippen molar-refractivity contribution in [2.24, 2.45) is 0 Å². The smallest absolute Gasteiger partial charge is 0.0649 e. The Morgan fingerprint density at radius 3 is 1.76 bits per heavy atom. The lowest BCUT2D eigenvalue weighted by Gasteiger charge is -2.29. The number of methoxy groups -OCH3 is 1. The molecule has 0 bridgehead atoms. The van der Waals surface area contributed by atoms with Crippen LogP contribution in [0.1, 0.15) is 40.5 Å². The summed E-state index contributed by atoms with van der Waals surface area (Å²) in [6, 6.07) is 0. The second-order valence-electron chi connectivity index (χ2n) is 5.40. The Hall–Kier alpha value is 0.170. The van der Waals surface area contributed by atoms with E-state index in [1.165, 1.54) is 0 Å². The minimum atomic E-state index is -0.174. The summed E-state index contributed by atoms with van der Waals surface area (Å²) in [7, 11) is 1.71. The normalized spacial score (nSPS) is 13.1. The van der Waals surface area contributed by atoms with Crippen molar-refractivity contribution in [3.8, 4) is 0 Å². The fourth-order valence-corrected chi connectivity index (χ4v) is 1.46. The van der Waals surface area contributed by atoms with Gasteiger partial charge in [0.1, 0.15) is 0 Å². The van der Waals surface area contributed by atoms with Gasteiger partial charge in [0.25, 0.3) is 0 Å². The van der Waals surface area contributed by atoms with Crippen molar-refractivity contribution in [2.75, 3.05) is 32.8 Å². The first-order valence-corrected chi connectivity index (χ1v) is 6.69. The van der Waals surface area contributed by atoms with Crippen molar-refractivity contribution in [2.45, 2.75) is 51.7 Å². The van der Waals surface area contributed by atoms with E-state index in [-0.39, 0.29) is 11.2 Å². The molecule has 0 N–H and O–H groups in total. The third-order valence-corrected chi connectivity index (χ3v) is 2.83. The van der Waals surface area contributed by atoms with Gasteiger partial charge in [-0.05, 0) is 40.5 Å². The highest BCUT2D eigenvalue weighted by Crippen LogP contribution is 2.19.